The van der Waals surface area contributed by atoms with E-state index in [2.05, 4.69) is 10.5 Å². The van der Waals surface area contributed by atoms with Gasteiger partial charge in [-0.15, -0.1) is 0 Å². The molecular formula is C11H16N2O6. The van der Waals surface area contributed by atoms with E-state index >= 15 is 0 Å². The molecule has 0 saturated carbocycles. The summed E-state index contributed by atoms with van der Waals surface area (Å²) in [6.45, 7) is 1.62. The minimum absolute atomic E-state index is 0.0519. The van der Waals surface area contributed by atoms with Crippen molar-refractivity contribution < 1.29 is 28.7 Å². The smallest absolute Gasteiger partial charge is 0.305 e. The molecule has 1 heterocycles. The molecule has 1 aromatic heterocycles. The van der Waals surface area contributed by atoms with E-state index in [-0.39, 0.29) is 24.7 Å². The second kappa shape index (κ2) is 6.19. The number of rotatable bonds is 7. The normalized spacial score (nSPS) is 13.6. The summed E-state index contributed by atoms with van der Waals surface area (Å²) in [7, 11) is 2.81. The maximum absolute atomic E-state index is 11.9. The van der Waals surface area contributed by atoms with Crippen LogP contribution in [-0.4, -0.2) is 48.5 Å². The minimum atomic E-state index is -1.05. The number of aromatic nitrogens is 1. The maximum Gasteiger partial charge on any atom is 0.305 e. The number of nitrogens with one attached hydrogen (secondary N) is 1. The van der Waals surface area contributed by atoms with Crippen LogP contribution in [0.2, 0.25) is 0 Å². The SMILES string of the molecule is COCC(C)(CC(=O)O)NC(=O)c1cc(OC)no1. The Hall–Kier alpha value is -2.09. The Morgan fingerprint density at radius 3 is 2.68 bits per heavy atom. The van der Waals surface area contributed by atoms with E-state index < -0.39 is 17.4 Å². The van der Waals surface area contributed by atoms with Crippen molar-refractivity contribution in [1.82, 2.24) is 10.5 Å². The number of methoxy groups -OCH3 is 2. The molecule has 0 aliphatic rings. The highest BCUT2D eigenvalue weighted by Gasteiger charge is 2.31. The summed E-state index contributed by atoms with van der Waals surface area (Å²) in [4.78, 5) is 22.7. The van der Waals surface area contributed by atoms with Crippen LogP contribution in [0, 0.1) is 0 Å². The predicted octanol–water partition coefficient (Wildman–Crippen LogP) is 0.293. The third-order valence-electron chi connectivity index (χ3n) is 2.34. The van der Waals surface area contributed by atoms with Crippen molar-refractivity contribution in [2.45, 2.75) is 18.9 Å². The Morgan fingerprint density at radius 1 is 1.53 bits per heavy atom. The molecule has 0 fully saturated rings. The fraction of sp³-hybridized carbons (Fsp3) is 0.545. The van der Waals surface area contributed by atoms with Gasteiger partial charge in [0.15, 0.2) is 0 Å². The van der Waals surface area contributed by atoms with Crippen LogP contribution in [0.25, 0.3) is 0 Å². The van der Waals surface area contributed by atoms with Crippen LogP contribution >= 0.6 is 0 Å². The lowest BCUT2D eigenvalue weighted by Gasteiger charge is -2.27. The number of hydrogen-bond donors (Lipinski definition) is 2. The molecule has 0 bridgehead atoms. The molecule has 19 heavy (non-hydrogen) atoms. The number of aliphatic carboxylic acids is 1. The van der Waals surface area contributed by atoms with Crippen LogP contribution in [0.15, 0.2) is 10.6 Å². The summed E-state index contributed by atoms with van der Waals surface area (Å²) in [5, 5.41) is 14.9. The van der Waals surface area contributed by atoms with E-state index in [9.17, 15) is 9.59 Å². The Morgan fingerprint density at radius 2 is 2.21 bits per heavy atom. The summed E-state index contributed by atoms with van der Waals surface area (Å²) in [6.07, 6.45) is -0.280. The molecule has 1 atom stereocenters. The van der Waals surface area contributed by atoms with E-state index in [4.69, 9.17) is 19.1 Å². The first kappa shape index (κ1) is 15.0. The number of carboxylic acids is 1. The lowest BCUT2D eigenvalue weighted by atomic mass is 9.99. The minimum Gasteiger partial charge on any atom is -0.481 e. The Balaban J connectivity index is 2.78. The molecule has 8 heteroatoms. The van der Waals surface area contributed by atoms with Crippen molar-refractivity contribution in [2.75, 3.05) is 20.8 Å². The monoisotopic (exact) mass is 272 g/mol. The first-order chi connectivity index (χ1) is 8.90. The summed E-state index contributed by atoms with van der Waals surface area (Å²) >= 11 is 0. The Bertz CT molecular complexity index is 458. The van der Waals surface area contributed by atoms with Gasteiger partial charge < -0.3 is 24.4 Å². The van der Waals surface area contributed by atoms with Gasteiger partial charge in [-0.1, -0.05) is 0 Å². The Kier molecular flexibility index (Phi) is 4.87. The van der Waals surface area contributed by atoms with E-state index in [0.717, 1.165) is 0 Å². The summed E-state index contributed by atoms with van der Waals surface area (Å²) in [5.74, 6) is -1.53. The van der Waals surface area contributed by atoms with Gasteiger partial charge in [0, 0.05) is 7.11 Å². The number of carbonyl (C=O) groups is 2. The van der Waals surface area contributed by atoms with Gasteiger partial charge in [0.1, 0.15) is 0 Å². The van der Waals surface area contributed by atoms with Crippen LogP contribution in [0.3, 0.4) is 0 Å². The molecule has 0 aliphatic carbocycles. The molecule has 8 nitrogen and oxygen atoms in total. The number of ether oxygens (including phenoxy) is 2. The molecule has 0 aromatic carbocycles. The van der Waals surface area contributed by atoms with Gasteiger partial charge in [-0.3, -0.25) is 9.59 Å². The standard InChI is InChI=1S/C11H16N2O6/c1-11(6-17-2,5-9(14)15)12-10(16)7-4-8(18-3)13-19-7/h4H,5-6H2,1-3H3,(H,12,16)(H,14,15). The van der Waals surface area contributed by atoms with Crippen LogP contribution < -0.4 is 10.1 Å². The largest absolute Gasteiger partial charge is 0.481 e. The van der Waals surface area contributed by atoms with E-state index in [1.165, 1.54) is 20.3 Å². The third kappa shape index (κ3) is 4.25. The highest BCUT2D eigenvalue weighted by atomic mass is 16.5. The molecule has 1 unspecified atom stereocenters. The van der Waals surface area contributed by atoms with Crippen molar-refractivity contribution in [3.05, 3.63) is 11.8 Å². The average Bonchev–Trinajstić information content (AvgIpc) is 2.76. The van der Waals surface area contributed by atoms with Gasteiger partial charge in [-0.2, -0.15) is 0 Å². The molecule has 1 amide bonds. The predicted molar refractivity (Wildman–Crippen MR) is 63.1 cm³/mol. The number of carbonyl (C=O) groups excluding carboxylic acids is 1. The number of nitrogens with zero attached hydrogens (tertiary/aromatic N) is 1. The van der Waals surface area contributed by atoms with Gasteiger partial charge >= 0.3 is 5.97 Å². The molecule has 106 valence electrons. The van der Waals surface area contributed by atoms with Crippen molar-refractivity contribution in [2.24, 2.45) is 0 Å². The van der Waals surface area contributed by atoms with Crippen molar-refractivity contribution in [1.29, 1.82) is 0 Å². The van der Waals surface area contributed by atoms with Crippen LogP contribution in [0.1, 0.15) is 23.9 Å². The number of hydrogen-bond acceptors (Lipinski definition) is 6. The van der Waals surface area contributed by atoms with Crippen LogP contribution in [0.4, 0.5) is 0 Å². The molecular weight excluding hydrogens is 256 g/mol. The summed E-state index contributed by atoms with van der Waals surface area (Å²) in [5.41, 5.74) is -1.04. The highest BCUT2D eigenvalue weighted by molar-refractivity contribution is 5.92. The van der Waals surface area contributed by atoms with Gasteiger partial charge in [0.25, 0.3) is 11.8 Å². The quantitative estimate of drug-likeness (QED) is 0.733. The zero-order valence-electron chi connectivity index (χ0n) is 10.9. The zero-order chi connectivity index (χ0) is 14.5. The van der Waals surface area contributed by atoms with E-state index in [1.807, 2.05) is 0 Å². The number of amides is 1. The zero-order valence-corrected chi connectivity index (χ0v) is 10.9. The second-order valence-corrected chi connectivity index (χ2v) is 4.25. The number of carboxylic acid groups (broad SMARTS) is 1. The lowest BCUT2D eigenvalue weighted by molar-refractivity contribution is -0.139. The lowest BCUT2D eigenvalue weighted by Crippen LogP contribution is -2.50. The van der Waals surface area contributed by atoms with Crippen LogP contribution in [-0.2, 0) is 9.53 Å². The molecule has 2 N–H and O–H groups in total. The highest BCUT2D eigenvalue weighted by Crippen LogP contribution is 2.14. The third-order valence-corrected chi connectivity index (χ3v) is 2.34. The summed E-state index contributed by atoms with van der Waals surface area (Å²) in [6, 6.07) is 1.31. The average molecular weight is 272 g/mol. The van der Waals surface area contributed by atoms with Crippen molar-refractivity contribution in [3.8, 4) is 5.88 Å². The first-order valence-electron chi connectivity index (χ1n) is 5.44. The first-order valence-corrected chi connectivity index (χ1v) is 5.44. The van der Waals surface area contributed by atoms with Crippen molar-refractivity contribution in [3.63, 3.8) is 0 Å². The van der Waals surface area contributed by atoms with Gasteiger partial charge in [-0.25, -0.2) is 0 Å². The molecule has 0 radical (unpaired) electrons. The maximum atomic E-state index is 11.9. The molecule has 0 aliphatic heterocycles. The van der Waals surface area contributed by atoms with Crippen LogP contribution in [0.5, 0.6) is 5.88 Å². The second-order valence-electron chi connectivity index (χ2n) is 4.25. The van der Waals surface area contributed by atoms with Crippen molar-refractivity contribution >= 4 is 11.9 Å². The topological polar surface area (TPSA) is 111 Å². The molecule has 1 aromatic rings. The summed E-state index contributed by atoms with van der Waals surface area (Å²) < 4.78 is 14.5. The molecule has 0 spiro atoms. The fourth-order valence-electron chi connectivity index (χ4n) is 1.58. The Labute approximate surface area is 109 Å². The fourth-order valence-corrected chi connectivity index (χ4v) is 1.58. The molecule has 1 rings (SSSR count). The van der Waals surface area contributed by atoms with Gasteiger partial charge in [-0.05, 0) is 12.1 Å². The van der Waals surface area contributed by atoms with E-state index in [1.54, 1.807) is 6.92 Å². The van der Waals surface area contributed by atoms with E-state index in [0.29, 0.717) is 0 Å². The molecule has 0 saturated heterocycles. The van der Waals surface area contributed by atoms with Gasteiger partial charge in [0.2, 0.25) is 5.76 Å². The van der Waals surface area contributed by atoms with Gasteiger partial charge in [0.05, 0.1) is 31.7 Å².